The molecule has 2 N–H and O–H groups in total. The van der Waals surface area contributed by atoms with Crippen molar-refractivity contribution in [2.75, 3.05) is 13.2 Å². The molecule has 3 amide bonds. The molecular formula is C16H24N2O3. The van der Waals surface area contributed by atoms with Crippen LogP contribution in [0.2, 0.25) is 0 Å². The van der Waals surface area contributed by atoms with Gasteiger partial charge in [0.2, 0.25) is 0 Å². The van der Waals surface area contributed by atoms with Crippen LogP contribution in [0, 0.1) is 0 Å². The molecule has 1 aromatic carbocycles. The van der Waals surface area contributed by atoms with Crippen molar-refractivity contribution in [2.45, 2.75) is 39.5 Å². The minimum atomic E-state index is -0.492. The van der Waals surface area contributed by atoms with Crippen LogP contribution in [0.25, 0.3) is 0 Å². The second-order valence-electron chi connectivity index (χ2n) is 5.87. The van der Waals surface area contributed by atoms with Gasteiger partial charge in [-0.15, -0.1) is 0 Å². The molecule has 1 rings (SSSR count). The average Bonchev–Trinajstić information content (AvgIpc) is 2.42. The molecule has 0 spiro atoms. The van der Waals surface area contributed by atoms with Crippen molar-refractivity contribution >= 4 is 11.9 Å². The number of nitrogens with one attached hydrogen (secondary N) is 2. The lowest BCUT2D eigenvalue weighted by molar-refractivity contribution is -0.122. The fourth-order valence-corrected chi connectivity index (χ4v) is 1.65. The first kappa shape index (κ1) is 17.0. The summed E-state index contributed by atoms with van der Waals surface area (Å²) in [6.45, 7) is 8.61. The minimum Gasteiger partial charge on any atom is -0.484 e. The van der Waals surface area contributed by atoms with E-state index in [1.54, 1.807) is 6.07 Å². The molecule has 0 atom stereocenters. The van der Waals surface area contributed by atoms with Crippen LogP contribution >= 0.6 is 0 Å². The Kier molecular flexibility index (Phi) is 6.21. The number of imide groups is 1. The molecule has 5 heteroatoms. The molecule has 0 aliphatic rings. The van der Waals surface area contributed by atoms with Gasteiger partial charge in [-0.1, -0.05) is 39.8 Å². The van der Waals surface area contributed by atoms with E-state index in [0.717, 1.165) is 12.0 Å². The van der Waals surface area contributed by atoms with Crippen molar-refractivity contribution in [2.24, 2.45) is 0 Å². The summed E-state index contributed by atoms with van der Waals surface area (Å²) in [5.41, 5.74) is 1.14. The summed E-state index contributed by atoms with van der Waals surface area (Å²) in [6.07, 6.45) is 0.817. The standard InChI is InChI=1S/C16H24N2O3/c1-5-9-17-15(20)18-14(19)11-21-13-8-6-7-12(10-13)16(2,3)4/h6-8,10H,5,9,11H2,1-4H3,(H2,17,18,19,20). The maximum absolute atomic E-state index is 11.6. The van der Waals surface area contributed by atoms with Crippen molar-refractivity contribution in [3.05, 3.63) is 29.8 Å². The SMILES string of the molecule is CCCNC(=O)NC(=O)COc1cccc(C(C)(C)C)c1. The Morgan fingerprint density at radius 3 is 2.57 bits per heavy atom. The molecule has 0 saturated heterocycles. The number of carbonyl (C=O) groups excluding carboxylic acids is 2. The molecule has 0 aromatic heterocycles. The molecule has 1 aromatic rings. The van der Waals surface area contributed by atoms with Gasteiger partial charge in [0.15, 0.2) is 6.61 Å². The van der Waals surface area contributed by atoms with Crippen LogP contribution in [-0.4, -0.2) is 25.1 Å². The van der Waals surface area contributed by atoms with Crippen LogP contribution in [0.3, 0.4) is 0 Å². The highest BCUT2D eigenvalue weighted by molar-refractivity contribution is 5.94. The van der Waals surface area contributed by atoms with E-state index in [1.807, 2.05) is 25.1 Å². The lowest BCUT2D eigenvalue weighted by Gasteiger charge is -2.19. The van der Waals surface area contributed by atoms with E-state index < -0.39 is 11.9 Å². The minimum absolute atomic E-state index is 0.0155. The smallest absolute Gasteiger partial charge is 0.321 e. The summed E-state index contributed by atoms with van der Waals surface area (Å²) in [4.78, 5) is 22.9. The van der Waals surface area contributed by atoms with E-state index in [9.17, 15) is 9.59 Å². The number of rotatable bonds is 5. The van der Waals surface area contributed by atoms with E-state index in [2.05, 4.69) is 31.4 Å². The molecular weight excluding hydrogens is 268 g/mol. The van der Waals surface area contributed by atoms with Crippen LogP contribution < -0.4 is 15.4 Å². The van der Waals surface area contributed by atoms with Gasteiger partial charge >= 0.3 is 6.03 Å². The summed E-state index contributed by atoms with van der Waals surface area (Å²) >= 11 is 0. The van der Waals surface area contributed by atoms with E-state index in [-0.39, 0.29) is 12.0 Å². The van der Waals surface area contributed by atoms with Crippen molar-refractivity contribution < 1.29 is 14.3 Å². The Hall–Kier alpha value is -2.04. The zero-order valence-corrected chi connectivity index (χ0v) is 13.2. The fraction of sp³-hybridized carbons (Fsp3) is 0.500. The van der Waals surface area contributed by atoms with Crippen molar-refractivity contribution in [3.63, 3.8) is 0 Å². The molecule has 116 valence electrons. The number of ether oxygens (including phenoxy) is 1. The Balaban J connectivity index is 2.48. The van der Waals surface area contributed by atoms with Crippen LogP contribution in [0.15, 0.2) is 24.3 Å². The number of hydrogen-bond acceptors (Lipinski definition) is 3. The molecule has 0 unspecified atom stereocenters. The monoisotopic (exact) mass is 292 g/mol. The fourth-order valence-electron chi connectivity index (χ4n) is 1.65. The largest absolute Gasteiger partial charge is 0.484 e. The average molecular weight is 292 g/mol. The number of carbonyl (C=O) groups is 2. The summed E-state index contributed by atoms with van der Waals surface area (Å²) in [7, 11) is 0. The number of urea groups is 1. The van der Waals surface area contributed by atoms with Crippen molar-refractivity contribution in [3.8, 4) is 5.75 Å². The summed E-state index contributed by atoms with van der Waals surface area (Å²) in [5, 5.41) is 4.78. The van der Waals surface area contributed by atoms with E-state index >= 15 is 0 Å². The van der Waals surface area contributed by atoms with Gasteiger partial charge in [-0.3, -0.25) is 10.1 Å². The maximum Gasteiger partial charge on any atom is 0.321 e. The predicted molar refractivity (Wildman–Crippen MR) is 82.5 cm³/mol. The highest BCUT2D eigenvalue weighted by Crippen LogP contribution is 2.25. The molecule has 0 heterocycles. The van der Waals surface area contributed by atoms with Gasteiger partial charge in [0.05, 0.1) is 0 Å². The second-order valence-corrected chi connectivity index (χ2v) is 5.87. The normalized spacial score (nSPS) is 10.9. The van der Waals surface area contributed by atoms with Crippen LogP contribution in [0.5, 0.6) is 5.75 Å². The van der Waals surface area contributed by atoms with Gasteiger partial charge in [0, 0.05) is 6.54 Å². The molecule has 0 bridgehead atoms. The van der Waals surface area contributed by atoms with Gasteiger partial charge < -0.3 is 10.1 Å². The van der Waals surface area contributed by atoms with Crippen LogP contribution in [0.4, 0.5) is 4.79 Å². The first-order chi connectivity index (χ1) is 9.82. The predicted octanol–water partition coefficient (Wildman–Crippen LogP) is 2.60. The molecule has 0 aliphatic heterocycles. The topological polar surface area (TPSA) is 67.4 Å². The quantitative estimate of drug-likeness (QED) is 0.876. The Morgan fingerprint density at radius 1 is 1.24 bits per heavy atom. The van der Waals surface area contributed by atoms with E-state index in [0.29, 0.717) is 12.3 Å². The number of amides is 3. The summed E-state index contributed by atoms with van der Waals surface area (Å²) in [5.74, 6) is 0.149. The molecule has 0 radical (unpaired) electrons. The van der Waals surface area contributed by atoms with E-state index in [4.69, 9.17) is 4.74 Å². The molecule has 0 fully saturated rings. The van der Waals surface area contributed by atoms with Crippen LogP contribution in [-0.2, 0) is 10.2 Å². The van der Waals surface area contributed by atoms with Gasteiger partial charge in [0.25, 0.3) is 5.91 Å². The molecule has 5 nitrogen and oxygen atoms in total. The van der Waals surface area contributed by atoms with Gasteiger partial charge in [-0.2, -0.15) is 0 Å². The molecule has 21 heavy (non-hydrogen) atoms. The van der Waals surface area contributed by atoms with Gasteiger partial charge in [0.1, 0.15) is 5.75 Å². The maximum atomic E-state index is 11.6. The number of benzene rings is 1. The lowest BCUT2D eigenvalue weighted by Crippen LogP contribution is -2.41. The Bertz CT molecular complexity index is 493. The third-order valence-electron chi connectivity index (χ3n) is 2.86. The molecule has 0 saturated carbocycles. The summed E-state index contributed by atoms with van der Waals surface area (Å²) < 4.78 is 5.42. The highest BCUT2D eigenvalue weighted by Gasteiger charge is 2.14. The highest BCUT2D eigenvalue weighted by atomic mass is 16.5. The second kappa shape index (κ2) is 7.67. The first-order valence-corrected chi connectivity index (χ1v) is 7.14. The third kappa shape index (κ3) is 6.29. The lowest BCUT2D eigenvalue weighted by atomic mass is 9.87. The van der Waals surface area contributed by atoms with Gasteiger partial charge in [-0.05, 0) is 29.5 Å². The third-order valence-corrected chi connectivity index (χ3v) is 2.86. The van der Waals surface area contributed by atoms with E-state index in [1.165, 1.54) is 0 Å². The Labute approximate surface area is 126 Å². The summed E-state index contributed by atoms with van der Waals surface area (Å²) in [6, 6.07) is 7.12. The van der Waals surface area contributed by atoms with Gasteiger partial charge in [-0.25, -0.2) is 4.79 Å². The number of hydrogen-bond donors (Lipinski definition) is 2. The zero-order chi connectivity index (χ0) is 15.9. The van der Waals surface area contributed by atoms with Crippen molar-refractivity contribution in [1.82, 2.24) is 10.6 Å². The Morgan fingerprint density at radius 2 is 1.95 bits per heavy atom. The van der Waals surface area contributed by atoms with Crippen molar-refractivity contribution in [1.29, 1.82) is 0 Å². The first-order valence-electron chi connectivity index (χ1n) is 7.14. The zero-order valence-electron chi connectivity index (χ0n) is 13.2. The van der Waals surface area contributed by atoms with Crippen LogP contribution in [0.1, 0.15) is 39.7 Å². The molecule has 0 aliphatic carbocycles.